The monoisotopic (exact) mass is 190 g/mol. The molecule has 0 bridgehead atoms. The highest BCUT2D eigenvalue weighted by atomic mass is 32.2. The topological polar surface area (TPSA) is 55.7 Å². The largest absolute Gasteiger partial charge is 0.451 e. The number of carbonyl (C=O) groups is 1. The molecular weight excluding hydrogens is 178 g/mol. The molecule has 1 rings (SSSR count). The van der Waals surface area contributed by atoms with Gasteiger partial charge in [0.05, 0.1) is 16.8 Å². The molecule has 5 heteroatoms. The van der Waals surface area contributed by atoms with Crippen LogP contribution in [-0.4, -0.2) is 28.9 Å². The predicted octanol–water partition coefficient (Wildman–Crippen LogP) is 1.22. The van der Waals surface area contributed by atoms with Crippen LogP contribution in [0.4, 0.5) is 4.79 Å². The zero-order valence-electron chi connectivity index (χ0n) is 6.99. The van der Waals surface area contributed by atoms with E-state index in [4.69, 9.17) is 0 Å². The minimum atomic E-state index is -2.28. The second kappa shape index (κ2) is 3.89. The Morgan fingerprint density at radius 1 is 1.50 bits per heavy atom. The van der Waals surface area contributed by atoms with Crippen molar-refractivity contribution in [3.63, 3.8) is 0 Å². The van der Waals surface area contributed by atoms with E-state index in [1.807, 2.05) is 0 Å². The quantitative estimate of drug-likeness (QED) is 0.577. The Hall–Kier alpha value is -0.580. The van der Waals surface area contributed by atoms with Crippen molar-refractivity contribution in [3.8, 4) is 0 Å². The lowest BCUT2D eigenvalue weighted by molar-refractivity contribution is 0.183. The predicted molar refractivity (Wildman–Crippen MR) is 46.2 cm³/mol. The third-order valence-electron chi connectivity index (χ3n) is 1.70. The summed E-state index contributed by atoms with van der Waals surface area (Å²) in [5, 5.41) is 0. The molecule has 0 N–H and O–H groups in total. The van der Waals surface area contributed by atoms with Crippen LogP contribution in [0.3, 0.4) is 0 Å². The summed E-state index contributed by atoms with van der Waals surface area (Å²) in [6.45, 7) is 0. The highest BCUT2D eigenvalue weighted by Crippen LogP contribution is 2.12. The van der Waals surface area contributed by atoms with Crippen LogP contribution in [0, 0.1) is 6.42 Å². The van der Waals surface area contributed by atoms with Gasteiger partial charge in [-0.3, -0.25) is 0 Å². The van der Waals surface area contributed by atoms with Gasteiger partial charge < -0.3 is 4.74 Å². The minimum Gasteiger partial charge on any atom is -0.451 e. The van der Waals surface area contributed by atoms with Gasteiger partial charge in [0.1, 0.15) is 0 Å². The summed E-state index contributed by atoms with van der Waals surface area (Å²) in [4.78, 5) is 10.7. The molecule has 1 heterocycles. The van der Waals surface area contributed by atoms with Gasteiger partial charge in [0.2, 0.25) is 0 Å². The third-order valence-corrected chi connectivity index (χ3v) is 3.93. The van der Waals surface area contributed by atoms with E-state index < -0.39 is 15.8 Å². The van der Waals surface area contributed by atoms with Gasteiger partial charge in [0.15, 0.2) is 0 Å². The average Bonchev–Trinajstić information content (AvgIpc) is 2.05. The van der Waals surface area contributed by atoms with E-state index in [-0.39, 0.29) is 0 Å². The fraction of sp³-hybridized carbons (Fsp3) is 0.714. The van der Waals surface area contributed by atoms with Crippen LogP contribution in [0.5, 0.6) is 0 Å². The molecule has 0 aliphatic carbocycles. The lowest BCUT2D eigenvalue weighted by Gasteiger charge is -2.13. The van der Waals surface area contributed by atoms with Crippen molar-refractivity contribution in [2.24, 2.45) is 4.36 Å². The first-order valence-electron chi connectivity index (χ1n) is 3.78. The first-order chi connectivity index (χ1) is 5.66. The van der Waals surface area contributed by atoms with E-state index in [2.05, 4.69) is 15.5 Å². The van der Waals surface area contributed by atoms with Crippen molar-refractivity contribution < 1.29 is 13.7 Å². The van der Waals surface area contributed by atoms with E-state index in [1.54, 1.807) is 0 Å². The maximum absolute atomic E-state index is 11.7. The lowest BCUT2D eigenvalue weighted by atomic mass is 10.3. The van der Waals surface area contributed by atoms with Gasteiger partial charge in [-0.1, -0.05) is 0 Å². The van der Waals surface area contributed by atoms with Crippen LogP contribution in [0.2, 0.25) is 0 Å². The number of nitrogens with zero attached hydrogens (tertiary/aromatic N) is 1. The fourth-order valence-electron chi connectivity index (χ4n) is 1.05. The number of methoxy groups -OCH3 is 1. The molecule has 0 atom stereocenters. The van der Waals surface area contributed by atoms with Gasteiger partial charge in [-0.05, 0) is 19.3 Å². The number of rotatable bonds is 0. The smallest absolute Gasteiger partial charge is 0.441 e. The molecule has 0 spiro atoms. The molecule has 0 unspecified atom stereocenters. The molecule has 0 aromatic carbocycles. The number of carbonyl (C=O) groups excluding carboxylic acids is 1. The SMILES string of the molecule is COC(=O)N=S1(=O)CC[CH]CC1. The molecule has 0 aromatic rings. The summed E-state index contributed by atoms with van der Waals surface area (Å²) in [6, 6.07) is 0. The molecule has 1 amide bonds. The van der Waals surface area contributed by atoms with Crippen LogP contribution < -0.4 is 0 Å². The normalized spacial score (nSPS) is 21.4. The molecular formula is C7H12NO3S. The van der Waals surface area contributed by atoms with Crippen molar-refractivity contribution in [1.29, 1.82) is 0 Å². The van der Waals surface area contributed by atoms with Gasteiger partial charge in [-0.15, -0.1) is 4.36 Å². The van der Waals surface area contributed by atoms with Crippen molar-refractivity contribution in [2.75, 3.05) is 18.6 Å². The van der Waals surface area contributed by atoms with Crippen LogP contribution in [0.15, 0.2) is 4.36 Å². The Balaban J connectivity index is 2.75. The van der Waals surface area contributed by atoms with E-state index in [0.717, 1.165) is 12.8 Å². The van der Waals surface area contributed by atoms with Gasteiger partial charge in [0, 0.05) is 11.5 Å². The summed E-state index contributed by atoms with van der Waals surface area (Å²) in [6.07, 6.45) is 2.90. The Morgan fingerprint density at radius 2 is 2.08 bits per heavy atom. The number of hydrogen-bond donors (Lipinski definition) is 0. The first-order valence-corrected chi connectivity index (χ1v) is 5.64. The van der Waals surface area contributed by atoms with Gasteiger partial charge in [-0.2, -0.15) is 0 Å². The second-order valence-electron chi connectivity index (χ2n) is 2.61. The Labute approximate surface area is 72.5 Å². The van der Waals surface area contributed by atoms with Crippen molar-refractivity contribution in [3.05, 3.63) is 6.42 Å². The zero-order valence-corrected chi connectivity index (χ0v) is 7.80. The van der Waals surface area contributed by atoms with E-state index in [0.29, 0.717) is 11.5 Å². The molecule has 4 nitrogen and oxygen atoms in total. The van der Waals surface area contributed by atoms with Crippen LogP contribution in [-0.2, 0) is 14.5 Å². The highest BCUT2D eigenvalue weighted by molar-refractivity contribution is 7.93. The molecule has 1 aliphatic rings. The Bertz CT molecular complexity index is 266. The molecule has 12 heavy (non-hydrogen) atoms. The van der Waals surface area contributed by atoms with Gasteiger partial charge >= 0.3 is 6.09 Å². The molecule has 1 radical (unpaired) electrons. The molecule has 1 aliphatic heterocycles. The molecule has 0 aromatic heterocycles. The molecule has 1 saturated heterocycles. The lowest BCUT2D eigenvalue weighted by Crippen LogP contribution is -2.18. The summed E-state index contributed by atoms with van der Waals surface area (Å²) in [5.74, 6) is 0.976. The van der Waals surface area contributed by atoms with Crippen LogP contribution in [0.25, 0.3) is 0 Å². The Kier molecular flexibility index (Phi) is 3.08. The second-order valence-corrected chi connectivity index (χ2v) is 5.15. The van der Waals surface area contributed by atoms with E-state index in [9.17, 15) is 9.00 Å². The summed E-state index contributed by atoms with van der Waals surface area (Å²) < 4.78 is 19.5. The third kappa shape index (κ3) is 2.48. The number of amides is 1. The van der Waals surface area contributed by atoms with E-state index >= 15 is 0 Å². The van der Waals surface area contributed by atoms with Gasteiger partial charge in [0.25, 0.3) is 0 Å². The standard InChI is InChI=1S/C7H12NO3S/c1-11-7(9)8-12(10)5-3-2-4-6-12/h2H,3-6H2,1H3. The van der Waals surface area contributed by atoms with Gasteiger partial charge in [-0.25, -0.2) is 9.00 Å². The maximum Gasteiger partial charge on any atom is 0.441 e. The summed E-state index contributed by atoms with van der Waals surface area (Å²) >= 11 is 0. The van der Waals surface area contributed by atoms with Crippen molar-refractivity contribution >= 4 is 15.8 Å². The fourth-order valence-corrected chi connectivity index (χ4v) is 2.85. The number of hydrogen-bond acceptors (Lipinski definition) is 3. The summed E-state index contributed by atoms with van der Waals surface area (Å²) in [7, 11) is -1.04. The van der Waals surface area contributed by atoms with E-state index in [1.165, 1.54) is 7.11 Å². The zero-order chi connectivity index (χ0) is 9.03. The Morgan fingerprint density at radius 3 is 2.58 bits per heavy atom. The van der Waals surface area contributed by atoms with Crippen molar-refractivity contribution in [2.45, 2.75) is 12.8 Å². The average molecular weight is 190 g/mol. The summed E-state index contributed by atoms with van der Waals surface area (Å²) in [5.41, 5.74) is 0. The maximum atomic E-state index is 11.7. The van der Waals surface area contributed by atoms with Crippen LogP contribution in [0.1, 0.15) is 12.8 Å². The van der Waals surface area contributed by atoms with Crippen LogP contribution >= 0.6 is 0 Å². The van der Waals surface area contributed by atoms with Crippen molar-refractivity contribution in [1.82, 2.24) is 0 Å². The molecule has 1 fully saturated rings. The first kappa shape index (κ1) is 9.51. The molecule has 69 valence electrons. The minimum absolute atomic E-state index is 0.488. The highest BCUT2D eigenvalue weighted by Gasteiger charge is 2.16. The number of ether oxygens (including phenoxy) is 1. The molecule has 0 saturated carbocycles.